The molecule has 4 aromatic carbocycles. The van der Waals surface area contributed by atoms with Crippen LogP contribution in [0.1, 0.15) is 55.5 Å². The van der Waals surface area contributed by atoms with E-state index in [1.807, 2.05) is 48.5 Å². The van der Waals surface area contributed by atoms with Crippen LogP contribution in [0.2, 0.25) is 0 Å². The van der Waals surface area contributed by atoms with Crippen LogP contribution >= 0.6 is 11.3 Å². The van der Waals surface area contributed by atoms with E-state index in [1.165, 1.54) is 23.5 Å². The SMILES string of the molecule is CCCCCCc1cc(-c2ccc3c(c2)c2cc(N(c4ccccc4)c4ccc(/C=C(\C#N)C(=O)O)cc4)ccc2n3CC)sc1/C=C(\C#N)C(=O)O. The van der Waals surface area contributed by atoms with Gasteiger partial charge in [0.2, 0.25) is 0 Å². The molecule has 2 N–H and O–H groups in total. The van der Waals surface area contributed by atoms with Gasteiger partial charge in [0.15, 0.2) is 0 Å². The summed E-state index contributed by atoms with van der Waals surface area (Å²) in [7, 11) is 0. The molecule has 0 aliphatic rings. The molecule has 0 radical (unpaired) electrons. The van der Waals surface area contributed by atoms with E-state index in [1.54, 1.807) is 18.2 Å². The Kier molecular flexibility index (Phi) is 11.2. The van der Waals surface area contributed by atoms with Gasteiger partial charge in [-0.1, -0.05) is 62.6 Å². The zero-order valence-corrected chi connectivity index (χ0v) is 30.4. The number of benzene rings is 4. The van der Waals surface area contributed by atoms with E-state index in [4.69, 9.17) is 0 Å². The van der Waals surface area contributed by atoms with Crippen molar-refractivity contribution in [1.82, 2.24) is 4.57 Å². The van der Waals surface area contributed by atoms with E-state index in [2.05, 4.69) is 65.8 Å². The highest BCUT2D eigenvalue weighted by Gasteiger charge is 2.19. The van der Waals surface area contributed by atoms with Crippen molar-refractivity contribution in [2.75, 3.05) is 4.90 Å². The van der Waals surface area contributed by atoms with Gasteiger partial charge in [0.05, 0.1) is 0 Å². The highest BCUT2D eigenvalue weighted by molar-refractivity contribution is 7.16. The number of rotatable bonds is 14. The fourth-order valence-electron chi connectivity index (χ4n) is 6.70. The van der Waals surface area contributed by atoms with E-state index in [0.29, 0.717) is 5.56 Å². The second kappa shape index (κ2) is 16.3. The summed E-state index contributed by atoms with van der Waals surface area (Å²) in [6.45, 7) is 5.08. The number of aromatic nitrogens is 1. The summed E-state index contributed by atoms with van der Waals surface area (Å²) in [6, 6.07) is 36.1. The number of carboxylic acids is 2. The Labute approximate surface area is 312 Å². The number of carbonyl (C=O) groups is 2. The van der Waals surface area contributed by atoms with E-state index in [-0.39, 0.29) is 11.1 Å². The summed E-state index contributed by atoms with van der Waals surface area (Å²) >= 11 is 1.51. The first-order valence-corrected chi connectivity index (χ1v) is 18.4. The molecule has 0 bridgehead atoms. The van der Waals surface area contributed by atoms with Crippen molar-refractivity contribution < 1.29 is 19.8 Å². The molecule has 0 atom stereocenters. The van der Waals surface area contributed by atoms with Crippen LogP contribution < -0.4 is 4.90 Å². The van der Waals surface area contributed by atoms with Crippen LogP contribution in [0.5, 0.6) is 0 Å². The van der Waals surface area contributed by atoms with Crippen LogP contribution in [0.25, 0.3) is 44.4 Å². The summed E-state index contributed by atoms with van der Waals surface area (Å²) in [5, 5.41) is 39.8. The van der Waals surface area contributed by atoms with Crippen molar-refractivity contribution >= 4 is 74.3 Å². The van der Waals surface area contributed by atoms with Gasteiger partial charge in [0, 0.05) is 55.2 Å². The zero-order chi connectivity index (χ0) is 37.5. The Bertz CT molecular complexity index is 2460. The summed E-state index contributed by atoms with van der Waals surface area (Å²) in [5.41, 5.74) is 7.03. The fourth-order valence-corrected chi connectivity index (χ4v) is 7.85. The molecule has 0 amide bonds. The van der Waals surface area contributed by atoms with E-state index in [9.17, 15) is 30.3 Å². The molecule has 9 heteroatoms. The highest BCUT2D eigenvalue weighted by Crippen LogP contribution is 2.41. The number of anilines is 3. The molecule has 0 aliphatic carbocycles. The molecule has 0 unspecified atom stereocenters. The van der Waals surface area contributed by atoms with Crippen LogP contribution in [-0.4, -0.2) is 26.7 Å². The Morgan fingerprint density at radius 2 is 1.36 bits per heavy atom. The Balaban J connectivity index is 1.47. The van der Waals surface area contributed by atoms with E-state index < -0.39 is 11.9 Å². The van der Waals surface area contributed by atoms with Gasteiger partial charge in [-0.2, -0.15) is 10.5 Å². The van der Waals surface area contributed by atoms with Gasteiger partial charge in [-0.15, -0.1) is 11.3 Å². The van der Waals surface area contributed by atoms with Crippen LogP contribution in [0.4, 0.5) is 17.1 Å². The quantitative estimate of drug-likeness (QED) is 0.0651. The molecule has 6 rings (SSSR count). The lowest BCUT2D eigenvalue weighted by Gasteiger charge is -2.25. The Morgan fingerprint density at radius 3 is 2.00 bits per heavy atom. The minimum atomic E-state index is -1.27. The van der Waals surface area contributed by atoms with Gasteiger partial charge >= 0.3 is 11.9 Å². The van der Waals surface area contributed by atoms with Crippen molar-refractivity contribution in [2.24, 2.45) is 0 Å². The molecule has 0 saturated carbocycles. The highest BCUT2D eigenvalue weighted by atomic mass is 32.1. The second-order valence-electron chi connectivity index (χ2n) is 12.7. The average molecular weight is 719 g/mol. The standard InChI is InChI=1S/C44H38N4O4S/c1-3-5-6-8-11-30-24-41(53-42(30)25-33(28-46)44(51)52)31-16-20-39-37(23-31)38-26-36(19-21-40(38)47(39)4-2)48(34-12-9-7-10-13-34)35-17-14-29(15-18-35)22-32(27-45)43(49)50/h7,9-10,12-26H,3-6,8,11H2,1-2H3,(H,49,50)(H,51,52)/b32-22+,33-25+. The molecule has 53 heavy (non-hydrogen) atoms. The monoisotopic (exact) mass is 718 g/mol. The second-order valence-corrected chi connectivity index (χ2v) is 13.8. The number of para-hydroxylation sites is 1. The van der Waals surface area contributed by atoms with Crippen molar-refractivity contribution in [3.8, 4) is 22.6 Å². The summed E-state index contributed by atoms with van der Waals surface area (Å²) in [6.07, 6.45) is 8.03. The molecule has 264 valence electrons. The minimum absolute atomic E-state index is 0.275. The largest absolute Gasteiger partial charge is 0.477 e. The topological polar surface area (TPSA) is 130 Å². The van der Waals surface area contributed by atoms with Gasteiger partial charge in [-0.25, -0.2) is 9.59 Å². The lowest BCUT2D eigenvalue weighted by atomic mass is 10.0. The Hall–Kier alpha value is -6.42. The third-order valence-corrected chi connectivity index (χ3v) is 10.5. The maximum absolute atomic E-state index is 11.7. The molecule has 6 aromatic rings. The summed E-state index contributed by atoms with van der Waals surface area (Å²) in [4.78, 5) is 27.1. The van der Waals surface area contributed by atoms with Gasteiger partial charge in [-0.05, 0) is 109 Å². The third-order valence-electron chi connectivity index (χ3n) is 9.30. The number of nitriles is 2. The van der Waals surface area contributed by atoms with Crippen molar-refractivity contribution in [1.29, 1.82) is 10.5 Å². The average Bonchev–Trinajstić information content (AvgIpc) is 3.72. The number of hydrogen-bond donors (Lipinski definition) is 2. The first-order chi connectivity index (χ1) is 25.8. The lowest BCUT2D eigenvalue weighted by molar-refractivity contribution is -0.133. The van der Waals surface area contributed by atoms with Gasteiger partial charge in [0.1, 0.15) is 23.3 Å². The normalized spacial score (nSPS) is 11.8. The predicted molar refractivity (Wildman–Crippen MR) is 213 cm³/mol. The number of unbranched alkanes of at least 4 members (excludes halogenated alkanes) is 3. The van der Waals surface area contributed by atoms with Crippen molar-refractivity contribution in [3.05, 3.63) is 124 Å². The first kappa shape index (κ1) is 36.4. The zero-order valence-electron chi connectivity index (χ0n) is 29.5. The molecule has 2 heterocycles. The molecule has 0 aliphatic heterocycles. The van der Waals surface area contributed by atoms with Crippen LogP contribution in [0.3, 0.4) is 0 Å². The summed E-state index contributed by atoms with van der Waals surface area (Å²) < 4.78 is 2.30. The third kappa shape index (κ3) is 7.77. The number of aliphatic carboxylic acids is 2. The van der Waals surface area contributed by atoms with Crippen LogP contribution in [-0.2, 0) is 22.6 Å². The predicted octanol–water partition coefficient (Wildman–Crippen LogP) is 11.1. The van der Waals surface area contributed by atoms with E-state index in [0.717, 1.165) is 98.4 Å². The van der Waals surface area contributed by atoms with Crippen LogP contribution in [0, 0.1) is 22.7 Å². The van der Waals surface area contributed by atoms with Gasteiger partial charge in [-0.3, -0.25) is 0 Å². The van der Waals surface area contributed by atoms with E-state index >= 15 is 0 Å². The lowest BCUT2D eigenvalue weighted by Crippen LogP contribution is -2.09. The maximum atomic E-state index is 11.7. The van der Waals surface area contributed by atoms with Crippen molar-refractivity contribution in [3.63, 3.8) is 0 Å². The smallest absolute Gasteiger partial charge is 0.346 e. The number of carboxylic acid groups (broad SMARTS) is 2. The van der Waals surface area contributed by atoms with Crippen molar-refractivity contribution in [2.45, 2.75) is 52.5 Å². The number of hydrogen-bond acceptors (Lipinski definition) is 6. The molecule has 2 aromatic heterocycles. The van der Waals surface area contributed by atoms with Crippen LogP contribution in [0.15, 0.2) is 108 Å². The number of nitrogens with zero attached hydrogens (tertiary/aromatic N) is 4. The minimum Gasteiger partial charge on any atom is -0.477 e. The molecule has 8 nitrogen and oxygen atoms in total. The molecular weight excluding hydrogens is 681 g/mol. The van der Waals surface area contributed by atoms with Gasteiger partial charge in [0.25, 0.3) is 0 Å². The number of thiophene rings is 1. The first-order valence-electron chi connectivity index (χ1n) is 17.6. The molecule has 0 saturated heterocycles. The molecule has 0 spiro atoms. The molecule has 0 fully saturated rings. The summed E-state index contributed by atoms with van der Waals surface area (Å²) in [5.74, 6) is -2.50. The maximum Gasteiger partial charge on any atom is 0.346 e. The number of fused-ring (bicyclic) bond motifs is 3. The van der Waals surface area contributed by atoms with Gasteiger partial charge < -0.3 is 19.7 Å². The molecular formula is C44H38N4O4S. The fraction of sp³-hybridized carbons (Fsp3) is 0.182. The Morgan fingerprint density at radius 1 is 0.736 bits per heavy atom. The number of aryl methyl sites for hydroxylation is 2.